The minimum atomic E-state index is -0.437. The van der Waals surface area contributed by atoms with E-state index in [1.165, 1.54) is 17.7 Å². The first-order valence-electron chi connectivity index (χ1n) is 9.13. The molecule has 0 heterocycles. The van der Waals surface area contributed by atoms with Crippen molar-refractivity contribution in [2.45, 2.75) is 32.4 Å². The van der Waals surface area contributed by atoms with Crippen LogP contribution < -0.4 is 16.0 Å². The van der Waals surface area contributed by atoms with E-state index in [9.17, 15) is 14.0 Å². The lowest BCUT2D eigenvalue weighted by atomic mass is 10.0. The van der Waals surface area contributed by atoms with Crippen molar-refractivity contribution < 1.29 is 14.0 Å². The van der Waals surface area contributed by atoms with Crippen LogP contribution in [0.2, 0.25) is 0 Å². The van der Waals surface area contributed by atoms with Gasteiger partial charge in [0, 0.05) is 6.54 Å². The maximum Gasteiger partial charge on any atom is 0.315 e. The molecule has 1 fully saturated rings. The minimum absolute atomic E-state index is 0.0119. The zero-order valence-electron chi connectivity index (χ0n) is 15.3. The van der Waals surface area contributed by atoms with Gasteiger partial charge < -0.3 is 16.0 Å². The van der Waals surface area contributed by atoms with Crippen molar-refractivity contribution in [2.24, 2.45) is 5.92 Å². The summed E-state index contributed by atoms with van der Waals surface area (Å²) < 4.78 is 12.9. The van der Waals surface area contributed by atoms with Crippen molar-refractivity contribution in [3.63, 3.8) is 0 Å². The van der Waals surface area contributed by atoms with Crippen LogP contribution in [0, 0.1) is 18.7 Å². The summed E-state index contributed by atoms with van der Waals surface area (Å²) in [6.07, 6.45) is 2.20. The van der Waals surface area contributed by atoms with E-state index in [1.807, 2.05) is 31.2 Å². The van der Waals surface area contributed by atoms with Crippen LogP contribution in [-0.2, 0) is 11.3 Å². The molecule has 1 atom stereocenters. The van der Waals surface area contributed by atoms with Gasteiger partial charge in [0.2, 0.25) is 5.91 Å². The smallest absolute Gasteiger partial charge is 0.315 e. The van der Waals surface area contributed by atoms with Gasteiger partial charge in [-0.2, -0.15) is 0 Å². The van der Waals surface area contributed by atoms with E-state index in [0.29, 0.717) is 5.92 Å². The van der Waals surface area contributed by atoms with Crippen LogP contribution in [0.5, 0.6) is 0 Å². The number of nitrogens with one attached hydrogen (secondary N) is 3. The summed E-state index contributed by atoms with van der Waals surface area (Å²) in [5.74, 6) is -0.0768. The fourth-order valence-corrected chi connectivity index (χ4v) is 2.91. The van der Waals surface area contributed by atoms with Crippen LogP contribution in [0.4, 0.5) is 9.18 Å². The molecule has 3 N–H and O–H groups in total. The number of carbonyl (C=O) groups excluding carboxylic acids is 2. The lowest BCUT2D eigenvalue weighted by Gasteiger charge is -2.19. The molecule has 142 valence electrons. The molecule has 3 amide bonds. The van der Waals surface area contributed by atoms with Gasteiger partial charge in [-0.05, 0) is 48.9 Å². The molecule has 27 heavy (non-hydrogen) atoms. The second-order valence-electron chi connectivity index (χ2n) is 6.96. The summed E-state index contributed by atoms with van der Waals surface area (Å²) in [5, 5.41) is 8.23. The van der Waals surface area contributed by atoms with E-state index in [4.69, 9.17) is 0 Å². The highest BCUT2D eigenvalue weighted by Gasteiger charge is 2.33. The normalized spacial score (nSPS) is 14.3. The Morgan fingerprint density at radius 1 is 1.04 bits per heavy atom. The molecule has 2 aromatic rings. The summed E-state index contributed by atoms with van der Waals surface area (Å²) in [7, 11) is 0. The highest BCUT2D eigenvalue weighted by molar-refractivity contribution is 5.84. The zero-order chi connectivity index (χ0) is 19.2. The first kappa shape index (κ1) is 18.9. The van der Waals surface area contributed by atoms with Crippen molar-refractivity contribution in [1.82, 2.24) is 16.0 Å². The van der Waals surface area contributed by atoms with Gasteiger partial charge in [-0.1, -0.05) is 42.0 Å². The summed E-state index contributed by atoms with van der Waals surface area (Å²) in [5.41, 5.74) is 3.06. The molecular formula is C21H24FN3O2. The molecule has 0 radical (unpaired) electrons. The molecule has 0 aromatic heterocycles. The first-order chi connectivity index (χ1) is 13.0. The van der Waals surface area contributed by atoms with Crippen LogP contribution in [0.25, 0.3) is 0 Å². The van der Waals surface area contributed by atoms with E-state index in [1.54, 1.807) is 12.1 Å². The summed E-state index contributed by atoms with van der Waals surface area (Å²) in [6, 6.07) is 13.6. The average molecular weight is 369 g/mol. The first-order valence-corrected chi connectivity index (χ1v) is 9.13. The van der Waals surface area contributed by atoms with E-state index < -0.39 is 6.03 Å². The Balaban J connectivity index is 1.44. The van der Waals surface area contributed by atoms with Gasteiger partial charge in [0.25, 0.3) is 0 Å². The molecule has 0 bridgehead atoms. The van der Waals surface area contributed by atoms with E-state index in [-0.39, 0.29) is 30.9 Å². The van der Waals surface area contributed by atoms with Crippen LogP contribution in [0.3, 0.4) is 0 Å². The number of carbonyl (C=O) groups is 2. The van der Waals surface area contributed by atoms with Gasteiger partial charge in [-0.15, -0.1) is 0 Å². The number of benzene rings is 2. The molecule has 0 saturated heterocycles. The topological polar surface area (TPSA) is 70.2 Å². The number of hydrogen-bond acceptors (Lipinski definition) is 2. The number of rotatable bonds is 7. The molecule has 2 aromatic carbocycles. The van der Waals surface area contributed by atoms with Gasteiger partial charge in [0.05, 0.1) is 12.6 Å². The monoisotopic (exact) mass is 369 g/mol. The Labute approximate surface area is 158 Å². The Bertz CT molecular complexity index is 786. The number of aryl methyl sites for hydroxylation is 1. The van der Waals surface area contributed by atoms with Crippen molar-refractivity contribution in [2.75, 3.05) is 6.54 Å². The van der Waals surface area contributed by atoms with Crippen molar-refractivity contribution in [3.8, 4) is 0 Å². The van der Waals surface area contributed by atoms with Crippen LogP contribution >= 0.6 is 0 Å². The Kier molecular flexibility index (Phi) is 6.06. The van der Waals surface area contributed by atoms with E-state index >= 15 is 0 Å². The third-order valence-corrected chi connectivity index (χ3v) is 4.62. The zero-order valence-corrected chi connectivity index (χ0v) is 15.3. The Morgan fingerprint density at radius 3 is 2.33 bits per heavy atom. The molecule has 0 spiro atoms. The summed E-state index contributed by atoms with van der Waals surface area (Å²) in [6.45, 7) is 2.20. The highest BCUT2D eigenvalue weighted by atomic mass is 19.1. The van der Waals surface area contributed by atoms with Gasteiger partial charge in [0.1, 0.15) is 5.82 Å². The van der Waals surface area contributed by atoms with Crippen molar-refractivity contribution in [3.05, 3.63) is 71.0 Å². The highest BCUT2D eigenvalue weighted by Crippen LogP contribution is 2.40. The van der Waals surface area contributed by atoms with Crippen LogP contribution in [0.15, 0.2) is 48.5 Å². The van der Waals surface area contributed by atoms with E-state index in [2.05, 4.69) is 16.0 Å². The second-order valence-corrected chi connectivity index (χ2v) is 6.96. The van der Waals surface area contributed by atoms with E-state index in [0.717, 1.165) is 24.0 Å². The van der Waals surface area contributed by atoms with Crippen molar-refractivity contribution >= 4 is 11.9 Å². The molecule has 1 aliphatic rings. The summed E-state index contributed by atoms with van der Waals surface area (Å²) >= 11 is 0. The predicted molar refractivity (Wildman–Crippen MR) is 101 cm³/mol. The standard InChI is InChI=1S/C21H24FN3O2/c1-14-2-6-16(7-3-14)20(17-8-9-17)25-19(26)13-24-21(27)23-12-15-4-10-18(22)11-5-15/h2-7,10-11,17,20H,8-9,12-13H2,1H3,(H,25,26)(H2,23,24,27). The lowest BCUT2D eigenvalue weighted by Crippen LogP contribution is -2.43. The lowest BCUT2D eigenvalue weighted by molar-refractivity contribution is -0.121. The van der Waals surface area contributed by atoms with Gasteiger partial charge >= 0.3 is 6.03 Å². The molecule has 6 heteroatoms. The third kappa shape index (κ3) is 5.81. The van der Waals surface area contributed by atoms with Gasteiger partial charge in [0.15, 0.2) is 0 Å². The second kappa shape index (κ2) is 8.66. The SMILES string of the molecule is Cc1ccc(C(NC(=O)CNC(=O)NCc2ccc(F)cc2)C2CC2)cc1. The Hall–Kier alpha value is -2.89. The molecule has 1 saturated carbocycles. The molecule has 1 aliphatic carbocycles. The number of urea groups is 1. The number of hydrogen-bond donors (Lipinski definition) is 3. The average Bonchev–Trinajstić information content (AvgIpc) is 3.50. The number of amides is 3. The fourth-order valence-electron chi connectivity index (χ4n) is 2.91. The largest absolute Gasteiger partial charge is 0.347 e. The maximum atomic E-state index is 12.9. The van der Waals surface area contributed by atoms with Crippen LogP contribution in [0.1, 0.15) is 35.6 Å². The molecule has 3 rings (SSSR count). The summed E-state index contributed by atoms with van der Waals surface area (Å²) in [4.78, 5) is 24.1. The quantitative estimate of drug-likeness (QED) is 0.701. The van der Waals surface area contributed by atoms with Crippen molar-refractivity contribution in [1.29, 1.82) is 0 Å². The molecule has 0 aliphatic heterocycles. The van der Waals surface area contributed by atoms with Gasteiger partial charge in [-0.3, -0.25) is 4.79 Å². The minimum Gasteiger partial charge on any atom is -0.347 e. The maximum absolute atomic E-state index is 12.9. The molecule has 5 nitrogen and oxygen atoms in total. The van der Waals surface area contributed by atoms with Crippen LogP contribution in [-0.4, -0.2) is 18.5 Å². The van der Waals surface area contributed by atoms with Gasteiger partial charge in [-0.25, -0.2) is 9.18 Å². The molecule has 1 unspecified atom stereocenters. The third-order valence-electron chi connectivity index (χ3n) is 4.62. The Morgan fingerprint density at radius 2 is 1.70 bits per heavy atom. The molecular weight excluding hydrogens is 345 g/mol. The predicted octanol–water partition coefficient (Wildman–Crippen LogP) is 3.20. The fraction of sp³-hybridized carbons (Fsp3) is 0.333. The number of halogens is 1.